The van der Waals surface area contributed by atoms with Crippen LogP contribution in [0, 0.1) is 0 Å². The summed E-state index contributed by atoms with van der Waals surface area (Å²) in [7, 11) is -4.64. The van der Waals surface area contributed by atoms with Crippen LogP contribution in [0.4, 0.5) is 0 Å². The third-order valence-electron chi connectivity index (χ3n) is 0. The summed E-state index contributed by atoms with van der Waals surface area (Å²) in [5.74, 6) is 0. The maximum atomic E-state index is 8.88. The SMILES string of the molecule is N.N.O=P(O)(O)O.P.[KH]. The van der Waals surface area contributed by atoms with E-state index >= 15 is 0 Å². The summed E-state index contributed by atoms with van der Waals surface area (Å²) in [5, 5.41) is 0. The first kappa shape index (κ1) is 30.4. The molecule has 0 aliphatic heterocycles. The monoisotopic (exact) mass is 206 g/mol. The molecule has 9 N–H and O–H groups in total. The molecule has 0 aliphatic carbocycles. The van der Waals surface area contributed by atoms with Gasteiger partial charge in [0.15, 0.2) is 0 Å². The van der Waals surface area contributed by atoms with Crippen LogP contribution in [0.15, 0.2) is 0 Å². The van der Waals surface area contributed by atoms with E-state index < -0.39 is 7.82 Å². The molecular formula is H13KN2O4P2. The van der Waals surface area contributed by atoms with Crippen LogP contribution in [0.3, 0.4) is 0 Å². The Morgan fingerprint density at radius 3 is 1.00 bits per heavy atom. The van der Waals surface area contributed by atoms with Crippen molar-refractivity contribution in [1.29, 1.82) is 0 Å². The van der Waals surface area contributed by atoms with Gasteiger partial charge in [0.25, 0.3) is 0 Å². The van der Waals surface area contributed by atoms with Crippen LogP contribution in [-0.2, 0) is 4.57 Å². The molecule has 9 heteroatoms. The fourth-order valence-electron chi connectivity index (χ4n) is 0. The quantitative estimate of drug-likeness (QED) is 0.248. The molecule has 1 unspecified atom stereocenters. The van der Waals surface area contributed by atoms with E-state index in [0.29, 0.717) is 0 Å². The third-order valence-corrected chi connectivity index (χ3v) is 0. The predicted molar refractivity (Wildman–Crippen MR) is 42.6 cm³/mol. The Morgan fingerprint density at radius 1 is 1.00 bits per heavy atom. The second-order valence-electron chi connectivity index (χ2n) is 0.513. The molecule has 0 amide bonds. The first-order chi connectivity index (χ1) is 2.00. The number of hydrogen-bond donors (Lipinski definition) is 5. The van der Waals surface area contributed by atoms with Gasteiger partial charge in [-0.2, -0.15) is 9.90 Å². The summed E-state index contributed by atoms with van der Waals surface area (Å²) in [6, 6.07) is 0. The van der Waals surface area contributed by atoms with Crippen LogP contribution >= 0.6 is 17.7 Å². The predicted octanol–water partition coefficient (Wildman–Crippen LogP) is -1.20. The van der Waals surface area contributed by atoms with Gasteiger partial charge >= 0.3 is 59.2 Å². The Morgan fingerprint density at radius 2 is 1.00 bits per heavy atom. The zero-order chi connectivity index (χ0) is 4.50. The van der Waals surface area contributed by atoms with Crippen molar-refractivity contribution in [2.45, 2.75) is 0 Å². The molecule has 0 fully saturated rings. The fraction of sp³-hybridized carbons (Fsp3) is 0. The number of rotatable bonds is 0. The molecule has 0 radical (unpaired) electrons. The summed E-state index contributed by atoms with van der Waals surface area (Å²) in [4.78, 5) is 21.6. The molecule has 0 aliphatic rings. The van der Waals surface area contributed by atoms with Crippen molar-refractivity contribution < 1.29 is 19.2 Å². The van der Waals surface area contributed by atoms with Crippen LogP contribution in [0.1, 0.15) is 0 Å². The summed E-state index contributed by atoms with van der Waals surface area (Å²) >= 11 is 0. The van der Waals surface area contributed by atoms with Crippen molar-refractivity contribution in [2.24, 2.45) is 0 Å². The molecule has 0 heterocycles. The van der Waals surface area contributed by atoms with E-state index in [1.54, 1.807) is 0 Å². The second kappa shape index (κ2) is 12.7. The summed E-state index contributed by atoms with van der Waals surface area (Å²) in [6.07, 6.45) is 0. The molecule has 0 aromatic rings. The topological polar surface area (TPSA) is 148 Å². The molecule has 0 saturated carbocycles. The van der Waals surface area contributed by atoms with E-state index in [1.807, 2.05) is 0 Å². The summed E-state index contributed by atoms with van der Waals surface area (Å²) in [5.41, 5.74) is 0. The van der Waals surface area contributed by atoms with Crippen LogP contribution in [0.5, 0.6) is 0 Å². The van der Waals surface area contributed by atoms with Crippen LogP contribution in [0.25, 0.3) is 0 Å². The molecule has 0 rings (SSSR count). The van der Waals surface area contributed by atoms with Gasteiger partial charge in [-0.05, 0) is 0 Å². The van der Waals surface area contributed by atoms with Crippen LogP contribution in [-0.4, -0.2) is 66.1 Å². The molecule has 0 bridgehead atoms. The Hall–Kier alpha value is 2.10. The molecule has 0 saturated heterocycles. The van der Waals surface area contributed by atoms with Gasteiger partial charge in [0.05, 0.1) is 0 Å². The van der Waals surface area contributed by atoms with Gasteiger partial charge < -0.3 is 27.0 Å². The zero-order valence-corrected chi connectivity index (χ0v) is 6.63. The normalized spacial score (nSPS) is 6.56. The summed E-state index contributed by atoms with van der Waals surface area (Å²) in [6.45, 7) is 0. The molecule has 0 aromatic heterocycles. The molecular weight excluding hydrogens is 193 g/mol. The first-order valence-electron chi connectivity index (χ1n) is 0.783. The van der Waals surface area contributed by atoms with Crippen molar-refractivity contribution in [3.8, 4) is 0 Å². The minimum absolute atomic E-state index is 0. The second-order valence-corrected chi connectivity index (χ2v) is 1.54. The van der Waals surface area contributed by atoms with Gasteiger partial charge in [0.2, 0.25) is 0 Å². The van der Waals surface area contributed by atoms with E-state index in [0.717, 1.165) is 0 Å². The van der Waals surface area contributed by atoms with Gasteiger partial charge in [-0.15, -0.1) is 0 Å². The molecule has 9 heavy (non-hydrogen) atoms. The Kier molecular flexibility index (Phi) is 43.1. The molecule has 58 valence electrons. The van der Waals surface area contributed by atoms with Crippen molar-refractivity contribution in [3.63, 3.8) is 0 Å². The Labute approximate surface area is 99.3 Å². The molecule has 6 nitrogen and oxygen atoms in total. The van der Waals surface area contributed by atoms with E-state index in [2.05, 4.69) is 0 Å². The number of hydrogen-bond acceptors (Lipinski definition) is 3. The van der Waals surface area contributed by atoms with Crippen LogP contribution < -0.4 is 12.3 Å². The van der Waals surface area contributed by atoms with Crippen molar-refractivity contribution in [1.82, 2.24) is 12.3 Å². The van der Waals surface area contributed by atoms with E-state index in [1.165, 1.54) is 0 Å². The van der Waals surface area contributed by atoms with Gasteiger partial charge in [-0.3, -0.25) is 0 Å². The number of phosphoric acid groups is 1. The third kappa shape index (κ3) is 151. The zero-order valence-electron chi connectivity index (χ0n) is 4.32. The molecule has 0 aromatic carbocycles. The molecule has 1 atom stereocenters. The maximum absolute atomic E-state index is 8.88. The first-order valence-corrected chi connectivity index (χ1v) is 2.35. The van der Waals surface area contributed by atoms with E-state index in [9.17, 15) is 0 Å². The summed E-state index contributed by atoms with van der Waals surface area (Å²) < 4.78 is 8.88. The fourth-order valence-corrected chi connectivity index (χ4v) is 0. The van der Waals surface area contributed by atoms with Crippen molar-refractivity contribution in [2.75, 3.05) is 0 Å². The molecule has 0 spiro atoms. The average molecular weight is 206 g/mol. The Bertz CT molecular complexity index is 62.7. The van der Waals surface area contributed by atoms with Crippen molar-refractivity contribution >= 4 is 69.1 Å². The average Bonchev–Trinajstić information content (AvgIpc) is 0.722. The van der Waals surface area contributed by atoms with Crippen molar-refractivity contribution in [3.05, 3.63) is 0 Å². The minimum atomic E-state index is -4.64. The van der Waals surface area contributed by atoms with Gasteiger partial charge in [-0.25, -0.2) is 4.57 Å². The van der Waals surface area contributed by atoms with E-state index in [-0.39, 0.29) is 73.6 Å². The Balaban J connectivity index is -0.0000000133. The standard InChI is InChI=1S/K.2H3N.H3O4P.H3P.H/c;;;1-5(2,3)4;;/h;2*1H3;(H3,1,2,3,4);1H3;. The van der Waals surface area contributed by atoms with Gasteiger partial charge in [-0.1, -0.05) is 0 Å². The van der Waals surface area contributed by atoms with Crippen LogP contribution in [0.2, 0.25) is 0 Å². The van der Waals surface area contributed by atoms with Gasteiger partial charge in [0, 0.05) is 0 Å². The van der Waals surface area contributed by atoms with E-state index in [4.69, 9.17) is 19.2 Å². The van der Waals surface area contributed by atoms with Gasteiger partial charge in [0.1, 0.15) is 0 Å².